The molecule has 1 N–H and O–H groups in total. The maximum atomic E-state index is 13.7. The largest absolute Gasteiger partial charge is 0.494 e. The maximum absolute atomic E-state index is 13.7. The van der Waals surface area contributed by atoms with Gasteiger partial charge in [0, 0.05) is 24.5 Å². The summed E-state index contributed by atoms with van der Waals surface area (Å²) in [5.41, 5.74) is 2.61. The van der Waals surface area contributed by atoms with Crippen LogP contribution in [0.15, 0.2) is 42.9 Å². The zero-order valence-electron chi connectivity index (χ0n) is 18.6. The van der Waals surface area contributed by atoms with Crippen LogP contribution in [0.3, 0.4) is 0 Å². The lowest BCUT2D eigenvalue weighted by Crippen LogP contribution is -2.48. The van der Waals surface area contributed by atoms with Crippen molar-refractivity contribution >= 4 is 11.6 Å². The number of hydrogen-bond acceptors (Lipinski definition) is 4. The van der Waals surface area contributed by atoms with Crippen molar-refractivity contribution in [2.75, 3.05) is 19.0 Å². The summed E-state index contributed by atoms with van der Waals surface area (Å²) < 4.78 is 48.1. The van der Waals surface area contributed by atoms with Crippen molar-refractivity contribution in [3.63, 3.8) is 0 Å². The van der Waals surface area contributed by atoms with Gasteiger partial charge in [0.2, 0.25) is 5.91 Å². The van der Waals surface area contributed by atoms with Crippen molar-refractivity contribution in [3.8, 4) is 11.4 Å². The van der Waals surface area contributed by atoms with E-state index in [9.17, 15) is 18.0 Å². The summed E-state index contributed by atoms with van der Waals surface area (Å²) in [6.45, 7) is 4.02. The number of anilines is 1. The highest BCUT2D eigenvalue weighted by Crippen LogP contribution is 2.31. The van der Waals surface area contributed by atoms with Crippen molar-refractivity contribution < 1.29 is 22.7 Å². The second-order valence-corrected chi connectivity index (χ2v) is 8.15. The first-order chi connectivity index (χ1) is 15.8. The Morgan fingerprint density at radius 2 is 1.91 bits per heavy atom. The van der Waals surface area contributed by atoms with Crippen LogP contribution >= 0.6 is 0 Å². The number of nitrogens with zero attached hydrogens (tertiary/aromatic N) is 3. The zero-order chi connectivity index (χ0) is 23.7. The molecule has 9 heteroatoms. The van der Waals surface area contributed by atoms with E-state index in [2.05, 4.69) is 10.3 Å². The number of imidazole rings is 1. The summed E-state index contributed by atoms with van der Waals surface area (Å²) in [5, 5.41) is 3.25. The number of likely N-dealkylation sites (tertiary alicyclic amines) is 1. The molecule has 0 aliphatic carbocycles. The molecule has 1 aliphatic heterocycles. The van der Waals surface area contributed by atoms with E-state index < -0.39 is 29.5 Å². The van der Waals surface area contributed by atoms with Crippen LogP contribution in [0, 0.1) is 24.4 Å². The van der Waals surface area contributed by atoms with Gasteiger partial charge in [-0.05, 0) is 56.5 Å². The van der Waals surface area contributed by atoms with Gasteiger partial charge in [0.1, 0.15) is 11.8 Å². The van der Waals surface area contributed by atoms with Gasteiger partial charge in [-0.25, -0.2) is 18.2 Å². The number of rotatable bonds is 6. The van der Waals surface area contributed by atoms with Crippen LogP contribution in [0.25, 0.3) is 5.69 Å². The monoisotopic (exact) mass is 458 g/mol. The van der Waals surface area contributed by atoms with E-state index in [0.29, 0.717) is 30.8 Å². The van der Waals surface area contributed by atoms with Gasteiger partial charge in [-0.15, -0.1) is 0 Å². The Morgan fingerprint density at radius 3 is 2.55 bits per heavy atom. The first kappa shape index (κ1) is 22.7. The molecule has 0 radical (unpaired) electrons. The second-order valence-electron chi connectivity index (χ2n) is 8.15. The van der Waals surface area contributed by atoms with Crippen LogP contribution < -0.4 is 10.1 Å². The van der Waals surface area contributed by atoms with Gasteiger partial charge in [-0.2, -0.15) is 0 Å². The third kappa shape index (κ3) is 4.53. The minimum Gasteiger partial charge on any atom is -0.494 e. The highest BCUT2D eigenvalue weighted by molar-refractivity contribution is 5.86. The summed E-state index contributed by atoms with van der Waals surface area (Å²) in [6.07, 6.45) is 4.91. The smallest absolute Gasteiger partial charge is 0.245 e. The van der Waals surface area contributed by atoms with Crippen molar-refractivity contribution in [1.82, 2.24) is 14.5 Å². The number of methoxy groups -OCH3 is 1. The fraction of sp³-hybridized carbons (Fsp3) is 0.333. The average molecular weight is 458 g/mol. The summed E-state index contributed by atoms with van der Waals surface area (Å²) in [5.74, 6) is -3.62. The molecule has 2 heterocycles. The normalized spacial score (nSPS) is 17.2. The van der Waals surface area contributed by atoms with Crippen LogP contribution in [-0.2, 0) is 4.79 Å². The van der Waals surface area contributed by atoms with Crippen molar-refractivity contribution in [3.05, 3.63) is 71.6 Å². The topological polar surface area (TPSA) is 59.4 Å². The van der Waals surface area contributed by atoms with Crippen LogP contribution in [0.5, 0.6) is 5.75 Å². The molecule has 2 atom stereocenters. The van der Waals surface area contributed by atoms with E-state index in [1.54, 1.807) is 25.3 Å². The lowest BCUT2D eigenvalue weighted by molar-refractivity contribution is -0.136. The summed E-state index contributed by atoms with van der Waals surface area (Å²) in [6, 6.07) is 6.30. The van der Waals surface area contributed by atoms with Crippen molar-refractivity contribution in [2.45, 2.75) is 38.8 Å². The van der Waals surface area contributed by atoms with Crippen molar-refractivity contribution in [2.24, 2.45) is 0 Å². The van der Waals surface area contributed by atoms with Gasteiger partial charge in [-0.3, -0.25) is 4.79 Å². The minimum absolute atomic E-state index is 0.188. The second kappa shape index (κ2) is 9.17. The van der Waals surface area contributed by atoms with E-state index in [1.807, 2.05) is 35.9 Å². The van der Waals surface area contributed by atoms with Crippen LogP contribution in [-0.4, -0.2) is 40.1 Å². The molecule has 2 aromatic carbocycles. The Balaban J connectivity index is 1.53. The Hall–Kier alpha value is -3.49. The molecule has 1 saturated heterocycles. The lowest BCUT2D eigenvalue weighted by Gasteiger charge is -2.37. The highest BCUT2D eigenvalue weighted by atomic mass is 19.2. The molecule has 6 nitrogen and oxygen atoms in total. The van der Waals surface area contributed by atoms with E-state index in [-0.39, 0.29) is 11.5 Å². The third-order valence-electron chi connectivity index (χ3n) is 5.94. The van der Waals surface area contributed by atoms with Gasteiger partial charge in [0.05, 0.1) is 30.9 Å². The van der Waals surface area contributed by atoms with E-state index >= 15 is 0 Å². The number of aryl methyl sites for hydroxylation is 1. The highest BCUT2D eigenvalue weighted by Gasteiger charge is 2.33. The molecule has 1 aliphatic rings. The summed E-state index contributed by atoms with van der Waals surface area (Å²) in [7, 11) is 1.57. The molecule has 4 rings (SSSR count). The molecule has 0 spiro atoms. The summed E-state index contributed by atoms with van der Waals surface area (Å²) >= 11 is 0. The Kier molecular flexibility index (Phi) is 6.31. The molecule has 2 unspecified atom stereocenters. The number of ether oxygens (including phenoxy) is 1. The van der Waals surface area contributed by atoms with E-state index in [1.165, 1.54) is 0 Å². The first-order valence-electron chi connectivity index (χ1n) is 10.7. The molecule has 33 heavy (non-hydrogen) atoms. The van der Waals surface area contributed by atoms with Gasteiger partial charge in [0.25, 0.3) is 0 Å². The number of aromatic nitrogens is 2. The van der Waals surface area contributed by atoms with Gasteiger partial charge >= 0.3 is 0 Å². The van der Waals surface area contributed by atoms with Gasteiger partial charge < -0.3 is 19.5 Å². The molecule has 0 bridgehead atoms. The van der Waals surface area contributed by atoms with Crippen LogP contribution in [0.2, 0.25) is 0 Å². The number of piperidine rings is 1. The Morgan fingerprint density at radius 1 is 1.18 bits per heavy atom. The van der Waals surface area contributed by atoms with E-state index in [0.717, 1.165) is 23.5 Å². The molecule has 0 saturated carbocycles. The predicted molar refractivity (Wildman–Crippen MR) is 118 cm³/mol. The fourth-order valence-electron chi connectivity index (χ4n) is 4.15. The standard InChI is InChI=1S/C24H25F3N4O2/c1-14-12-30(13-28-14)21-7-6-17(11-22(21)33-3)29-20-5-4-8-31(24(20)32)15(2)16-9-18(25)23(27)19(26)10-16/h6-7,9-13,15,20,29H,4-5,8H2,1-3H3. The van der Waals surface area contributed by atoms with Crippen LogP contribution in [0.4, 0.5) is 18.9 Å². The molecule has 174 valence electrons. The predicted octanol–water partition coefficient (Wildman–Crippen LogP) is 4.77. The molecule has 1 fully saturated rings. The molecule has 3 aromatic rings. The quantitative estimate of drug-likeness (QED) is 0.541. The number of carbonyl (C=O) groups is 1. The molecule has 1 aromatic heterocycles. The number of hydrogen-bond donors (Lipinski definition) is 1. The average Bonchev–Trinajstić information content (AvgIpc) is 3.24. The lowest BCUT2D eigenvalue weighted by atomic mass is 9.99. The van der Waals surface area contributed by atoms with Crippen LogP contribution in [0.1, 0.15) is 37.1 Å². The zero-order valence-corrected chi connectivity index (χ0v) is 18.6. The van der Waals surface area contributed by atoms with E-state index in [4.69, 9.17) is 4.74 Å². The van der Waals surface area contributed by atoms with Gasteiger partial charge in [0.15, 0.2) is 17.5 Å². The number of amides is 1. The van der Waals surface area contributed by atoms with Gasteiger partial charge in [-0.1, -0.05) is 0 Å². The summed E-state index contributed by atoms with van der Waals surface area (Å²) in [4.78, 5) is 19.0. The first-order valence-corrected chi connectivity index (χ1v) is 10.7. The minimum atomic E-state index is -1.52. The SMILES string of the molecule is COc1cc(NC2CCCN(C(C)c3cc(F)c(F)c(F)c3)C2=O)ccc1-n1cnc(C)c1. The molecule has 1 amide bonds. The molecular formula is C24H25F3N4O2. The third-order valence-corrected chi connectivity index (χ3v) is 5.94. The Bertz CT molecular complexity index is 1160. The van der Waals surface area contributed by atoms with Crippen molar-refractivity contribution in [1.29, 1.82) is 0 Å². The Labute approximate surface area is 190 Å². The number of halogens is 3. The number of benzene rings is 2. The fourth-order valence-corrected chi connectivity index (χ4v) is 4.15. The number of carbonyl (C=O) groups excluding carboxylic acids is 1. The molecular weight excluding hydrogens is 433 g/mol. The maximum Gasteiger partial charge on any atom is 0.245 e. The number of nitrogens with one attached hydrogen (secondary N) is 1.